The zero-order chi connectivity index (χ0) is 23.2. The Labute approximate surface area is 168 Å². The summed E-state index contributed by atoms with van der Waals surface area (Å²) in [5.74, 6) is -1.46. The fourth-order valence-electron chi connectivity index (χ4n) is 1.85. The Morgan fingerprint density at radius 2 is 0.900 bits per heavy atom. The fraction of sp³-hybridized carbons (Fsp3) is 0. The van der Waals surface area contributed by atoms with Gasteiger partial charge < -0.3 is 5.11 Å². The van der Waals surface area contributed by atoms with Gasteiger partial charge in [-0.2, -0.15) is 0 Å². The summed E-state index contributed by atoms with van der Waals surface area (Å²) in [5, 5.41) is 49.0. The minimum Gasteiger partial charge on any atom is -0.478 e. The lowest BCUT2D eigenvalue weighted by atomic mass is 10.2. The van der Waals surface area contributed by atoms with Gasteiger partial charge in [0.1, 0.15) is 0 Å². The van der Waals surface area contributed by atoms with Gasteiger partial charge in [-0.1, -0.05) is 0 Å². The van der Waals surface area contributed by atoms with Gasteiger partial charge in [-0.3, -0.25) is 45.3 Å². The largest absolute Gasteiger partial charge is 0.478 e. The van der Waals surface area contributed by atoms with Crippen LogP contribution in [0.25, 0.3) is 0 Å². The van der Waals surface area contributed by atoms with Crippen molar-refractivity contribution in [3.05, 3.63) is 88.0 Å². The van der Waals surface area contributed by atoms with Gasteiger partial charge in [0.2, 0.25) is 0 Å². The number of benzene rings is 2. The Morgan fingerprint density at radius 3 is 1.10 bits per heavy atom. The van der Waals surface area contributed by atoms with Crippen LogP contribution in [0, 0.1) is 40.5 Å². The average Bonchev–Trinajstić information content (AvgIpc) is 2.67. The molecule has 0 aliphatic rings. The quantitative estimate of drug-likeness (QED) is 0.388. The molecule has 0 aliphatic carbocycles. The van der Waals surface area contributed by atoms with Gasteiger partial charge in [0.25, 0.3) is 28.0 Å². The number of nitro benzene ring substituents is 4. The highest BCUT2D eigenvalue weighted by Gasteiger charge is 2.19. The van der Waals surface area contributed by atoms with Crippen LogP contribution in [-0.4, -0.2) is 36.0 Å². The van der Waals surface area contributed by atoms with Crippen LogP contribution in [0.5, 0.6) is 0 Å². The maximum atomic E-state index is 10.7. The molecule has 0 atom stereocenters. The Kier molecular flexibility index (Phi) is 7.52. The van der Waals surface area contributed by atoms with Crippen LogP contribution in [0.2, 0.25) is 0 Å². The molecule has 0 spiro atoms. The first-order valence-electron chi connectivity index (χ1n) is 7.14. The predicted molar refractivity (Wildman–Crippen MR) is 96.6 cm³/mol. The summed E-state index contributed by atoms with van der Waals surface area (Å²) < 4.78 is 0. The van der Waals surface area contributed by atoms with E-state index in [1.165, 1.54) is 0 Å². The molecule has 0 unspecified atom stereocenters. The van der Waals surface area contributed by atoms with E-state index in [2.05, 4.69) is 0 Å². The number of hydrogen-bond donors (Lipinski definition) is 1. The molecule has 2 rings (SSSR count). The third-order valence-corrected chi connectivity index (χ3v) is 3.34. The van der Waals surface area contributed by atoms with Gasteiger partial charge in [0.05, 0.1) is 37.4 Å². The number of hydrogen-bond acceptors (Lipinski definition) is 10. The van der Waals surface area contributed by atoms with Crippen LogP contribution in [0.3, 0.4) is 0 Å². The van der Waals surface area contributed by atoms with Crippen LogP contribution >= 0.6 is 11.6 Å². The van der Waals surface area contributed by atoms with E-state index >= 15 is 0 Å². The molecule has 0 aromatic heterocycles. The summed E-state index contributed by atoms with van der Waals surface area (Å²) >= 11 is 5.07. The SMILES string of the molecule is O=C(Cl)c1cc([N+](=O)[O-])cc([N+](=O)[O-])c1.O=C(O)c1cc([N+](=O)[O-])cc([N+](=O)[O-])c1. The van der Waals surface area contributed by atoms with Gasteiger partial charge in [-0.05, 0) is 11.6 Å². The minimum atomic E-state index is -1.46. The third kappa shape index (κ3) is 6.27. The number of carbonyl (C=O) groups excluding carboxylic acids is 1. The van der Waals surface area contributed by atoms with Gasteiger partial charge in [-0.25, -0.2) is 4.79 Å². The lowest BCUT2D eigenvalue weighted by Crippen LogP contribution is -2.00. The molecule has 0 amide bonds. The molecular weight excluding hydrogens is 436 g/mol. The Morgan fingerprint density at radius 1 is 0.633 bits per heavy atom. The second kappa shape index (κ2) is 9.60. The first-order chi connectivity index (χ1) is 13.8. The number of carbonyl (C=O) groups is 2. The number of carboxylic acids is 1. The molecule has 1 N–H and O–H groups in total. The summed E-state index contributed by atoms with van der Waals surface area (Å²) in [6.45, 7) is 0. The summed E-state index contributed by atoms with van der Waals surface area (Å²) in [6, 6.07) is 4.73. The van der Waals surface area contributed by atoms with E-state index < -0.39 is 59.2 Å². The lowest BCUT2D eigenvalue weighted by molar-refractivity contribution is -0.394. The van der Waals surface area contributed by atoms with Gasteiger partial charge in [0.15, 0.2) is 0 Å². The van der Waals surface area contributed by atoms with Crippen molar-refractivity contribution in [1.29, 1.82) is 0 Å². The maximum absolute atomic E-state index is 10.7. The molecule has 0 fully saturated rings. The van der Waals surface area contributed by atoms with Crippen LogP contribution in [0.4, 0.5) is 22.7 Å². The normalized spacial score (nSPS) is 9.63. The van der Waals surface area contributed by atoms with E-state index in [0.717, 1.165) is 30.3 Å². The maximum Gasteiger partial charge on any atom is 0.336 e. The van der Waals surface area contributed by atoms with E-state index in [4.69, 9.17) is 16.7 Å². The Balaban J connectivity index is 0.000000300. The predicted octanol–water partition coefficient (Wildman–Crippen LogP) is 3.08. The first-order valence-corrected chi connectivity index (χ1v) is 7.52. The number of nitro groups is 4. The second-order valence-corrected chi connectivity index (χ2v) is 5.43. The van der Waals surface area contributed by atoms with Gasteiger partial charge >= 0.3 is 5.97 Å². The average molecular weight is 443 g/mol. The molecule has 0 radical (unpaired) electrons. The fourth-order valence-corrected chi connectivity index (χ4v) is 1.96. The molecule has 16 heteroatoms. The van der Waals surface area contributed by atoms with Crippen LogP contribution in [0.1, 0.15) is 20.7 Å². The lowest BCUT2D eigenvalue weighted by Gasteiger charge is -1.96. The molecule has 0 saturated carbocycles. The van der Waals surface area contributed by atoms with Gasteiger partial charge in [0, 0.05) is 29.8 Å². The van der Waals surface area contributed by atoms with Crippen molar-refractivity contribution < 1.29 is 34.4 Å². The van der Waals surface area contributed by atoms with Crippen molar-refractivity contribution in [2.45, 2.75) is 0 Å². The zero-order valence-corrected chi connectivity index (χ0v) is 14.9. The van der Waals surface area contributed by atoms with Crippen LogP contribution < -0.4 is 0 Å². The van der Waals surface area contributed by atoms with Crippen molar-refractivity contribution in [3.8, 4) is 0 Å². The molecule has 156 valence electrons. The molecule has 0 bridgehead atoms. The third-order valence-electron chi connectivity index (χ3n) is 3.12. The molecule has 15 nitrogen and oxygen atoms in total. The highest BCUT2D eigenvalue weighted by atomic mass is 35.5. The molecule has 2 aromatic rings. The Hall–Kier alpha value is -4.53. The van der Waals surface area contributed by atoms with Crippen molar-refractivity contribution in [3.63, 3.8) is 0 Å². The van der Waals surface area contributed by atoms with E-state index in [-0.39, 0.29) is 5.56 Å². The van der Waals surface area contributed by atoms with Crippen LogP contribution in [-0.2, 0) is 0 Å². The summed E-state index contributed by atoms with van der Waals surface area (Å²) in [6.07, 6.45) is 0. The van der Waals surface area contributed by atoms with Crippen LogP contribution in [0.15, 0.2) is 36.4 Å². The monoisotopic (exact) mass is 442 g/mol. The molecule has 0 aliphatic heterocycles. The smallest absolute Gasteiger partial charge is 0.336 e. The molecule has 0 heterocycles. The van der Waals surface area contributed by atoms with E-state index in [9.17, 15) is 50.0 Å². The van der Waals surface area contributed by atoms with E-state index in [1.807, 2.05) is 0 Å². The summed E-state index contributed by atoms with van der Waals surface area (Å²) in [7, 11) is 0. The summed E-state index contributed by atoms with van der Waals surface area (Å²) in [4.78, 5) is 59.2. The highest BCUT2D eigenvalue weighted by Crippen LogP contribution is 2.24. The number of carboxylic acid groups (broad SMARTS) is 1. The number of non-ortho nitro benzene ring substituents is 4. The number of rotatable bonds is 6. The number of aromatic carboxylic acids is 1. The van der Waals surface area contributed by atoms with Crippen molar-refractivity contribution >= 4 is 45.6 Å². The highest BCUT2D eigenvalue weighted by molar-refractivity contribution is 6.67. The molecule has 0 saturated heterocycles. The molecular formula is C14H7ClN4O11. The van der Waals surface area contributed by atoms with E-state index in [0.29, 0.717) is 6.07 Å². The molecule has 2 aromatic carbocycles. The first kappa shape index (κ1) is 23.5. The number of nitrogens with zero attached hydrogens (tertiary/aromatic N) is 4. The van der Waals surface area contributed by atoms with Gasteiger partial charge in [-0.15, -0.1) is 0 Å². The number of halogens is 1. The molecule has 30 heavy (non-hydrogen) atoms. The van der Waals surface area contributed by atoms with Crippen molar-refractivity contribution in [2.75, 3.05) is 0 Å². The summed E-state index contributed by atoms with van der Waals surface area (Å²) in [5.41, 5.74) is -3.11. The van der Waals surface area contributed by atoms with Crippen molar-refractivity contribution in [2.24, 2.45) is 0 Å². The second-order valence-electron chi connectivity index (χ2n) is 5.08. The van der Waals surface area contributed by atoms with E-state index in [1.54, 1.807) is 0 Å². The minimum absolute atomic E-state index is 0.280. The topological polar surface area (TPSA) is 227 Å². The van der Waals surface area contributed by atoms with Crippen molar-refractivity contribution in [1.82, 2.24) is 0 Å². The Bertz CT molecular complexity index is 842. The standard InChI is InChI=1S/C7H3ClN2O5.C7H4N2O6/c8-7(11)4-1-5(9(12)13)3-6(2-4)10(14)15;10-7(11)4-1-5(8(12)13)3-6(2-4)9(14)15/h1-3H;1-3H,(H,10,11). The zero-order valence-electron chi connectivity index (χ0n) is 14.2.